The number of hydrogen-bond donors (Lipinski definition) is 1. The van der Waals surface area contributed by atoms with Gasteiger partial charge < -0.3 is 5.11 Å². The average molecular weight is 266 g/mol. The summed E-state index contributed by atoms with van der Waals surface area (Å²) in [7, 11) is 0. The number of aromatic nitrogens is 4. The van der Waals surface area contributed by atoms with Crippen molar-refractivity contribution in [3.8, 4) is 11.3 Å². The Morgan fingerprint density at radius 3 is 2.65 bits per heavy atom. The van der Waals surface area contributed by atoms with Crippen LogP contribution >= 0.6 is 0 Å². The second kappa shape index (κ2) is 4.58. The summed E-state index contributed by atoms with van der Waals surface area (Å²) in [6.07, 6.45) is 4.81. The molecule has 0 saturated heterocycles. The van der Waals surface area contributed by atoms with Crippen LogP contribution in [0.15, 0.2) is 43.2 Å². The van der Waals surface area contributed by atoms with Gasteiger partial charge in [-0.15, -0.1) is 5.10 Å². The lowest BCUT2D eigenvalue weighted by atomic mass is 10.1. The quantitative estimate of drug-likeness (QED) is 0.785. The Balaban J connectivity index is 2.35. The smallest absolute Gasteiger partial charge is 0.339 e. The maximum absolute atomic E-state index is 11.2. The number of nitrogens with zero attached hydrogens (tertiary/aromatic N) is 4. The molecule has 0 bridgehead atoms. The molecular formula is C14H10N4O2. The van der Waals surface area contributed by atoms with E-state index in [1.165, 1.54) is 16.7 Å². The number of fused-ring (bicyclic) bond motifs is 1. The molecule has 0 spiro atoms. The third kappa shape index (κ3) is 1.83. The van der Waals surface area contributed by atoms with Crippen molar-refractivity contribution in [1.29, 1.82) is 0 Å². The molecule has 3 rings (SSSR count). The van der Waals surface area contributed by atoms with Crippen molar-refractivity contribution in [2.45, 2.75) is 0 Å². The van der Waals surface area contributed by atoms with Crippen LogP contribution in [0.25, 0.3) is 23.0 Å². The topological polar surface area (TPSA) is 80.4 Å². The van der Waals surface area contributed by atoms with Crippen molar-refractivity contribution in [3.05, 3.63) is 54.6 Å². The second-order valence-corrected chi connectivity index (χ2v) is 4.08. The lowest BCUT2D eigenvalue weighted by Gasteiger charge is -2.05. The van der Waals surface area contributed by atoms with Gasteiger partial charge in [0.25, 0.3) is 0 Å². The van der Waals surface area contributed by atoms with Gasteiger partial charge in [0, 0.05) is 18.0 Å². The first-order valence-electron chi connectivity index (χ1n) is 5.86. The molecule has 0 fully saturated rings. The summed E-state index contributed by atoms with van der Waals surface area (Å²) in [6.45, 7) is 3.61. The monoisotopic (exact) mass is 266 g/mol. The van der Waals surface area contributed by atoms with E-state index in [0.29, 0.717) is 11.5 Å². The minimum Gasteiger partial charge on any atom is -0.478 e. The van der Waals surface area contributed by atoms with Crippen LogP contribution in [0.5, 0.6) is 0 Å². The van der Waals surface area contributed by atoms with Crippen molar-refractivity contribution >= 4 is 17.7 Å². The van der Waals surface area contributed by atoms with Gasteiger partial charge in [0.1, 0.15) is 5.56 Å². The van der Waals surface area contributed by atoms with Gasteiger partial charge in [-0.3, -0.25) is 4.98 Å². The second-order valence-electron chi connectivity index (χ2n) is 4.08. The summed E-state index contributed by atoms with van der Waals surface area (Å²) in [4.78, 5) is 19.4. The molecule has 0 aliphatic carbocycles. The SMILES string of the molecule is C=Cc1nc2c(C(=O)O)ccc(-c3ccncc3)n2n1. The van der Waals surface area contributed by atoms with Gasteiger partial charge in [-0.25, -0.2) is 14.3 Å². The number of hydrogen-bond acceptors (Lipinski definition) is 4. The molecule has 98 valence electrons. The van der Waals surface area contributed by atoms with E-state index in [4.69, 9.17) is 0 Å². The highest BCUT2D eigenvalue weighted by Crippen LogP contribution is 2.22. The zero-order chi connectivity index (χ0) is 14.1. The number of carboxylic acid groups (broad SMARTS) is 1. The first-order chi connectivity index (χ1) is 9.70. The van der Waals surface area contributed by atoms with Crippen LogP contribution in [0, 0.1) is 0 Å². The maximum Gasteiger partial charge on any atom is 0.339 e. The van der Waals surface area contributed by atoms with E-state index in [1.807, 2.05) is 12.1 Å². The van der Waals surface area contributed by atoms with Gasteiger partial charge in [-0.05, 0) is 30.3 Å². The van der Waals surface area contributed by atoms with Gasteiger partial charge >= 0.3 is 5.97 Å². The number of carbonyl (C=O) groups is 1. The first kappa shape index (κ1) is 12.0. The molecule has 1 N–H and O–H groups in total. The summed E-state index contributed by atoms with van der Waals surface area (Å²) in [5, 5.41) is 13.5. The van der Waals surface area contributed by atoms with E-state index < -0.39 is 5.97 Å². The normalized spacial score (nSPS) is 10.6. The average Bonchev–Trinajstić information content (AvgIpc) is 2.90. The Morgan fingerprint density at radius 2 is 2.00 bits per heavy atom. The summed E-state index contributed by atoms with van der Waals surface area (Å²) in [5.41, 5.74) is 2.01. The highest BCUT2D eigenvalue weighted by Gasteiger charge is 2.16. The Bertz CT molecular complexity index is 809. The predicted octanol–water partition coefficient (Wildman–Crippen LogP) is 2.13. The Labute approximate surface area is 114 Å². The molecule has 0 aliphatic rings. The van der Waals surface area contributed by atoms with Gasteiger partial charge in [0.05, 0.1) is 5.69 Å². The van der Waals surface area contributed by atoms with E-state index >= 15 is 0 Å². The summed E-state index contributed by atoms with van der Waals surface area (Å²) < 4.78 is 1.51. The Morgan fingerprint density at radius 1 is 1.25 bits per heavy atom. The number of carboxylic acids is 1. The van der Waals surface area contributed by atoms with Crippen LogP contribution in [0.4, 0.5) is 0 Å². The molecule has 0 aliphatic heterocycles. The van der Waals surface area contributed by atoms with E-state index in [2.05, 4.69) is 21.6 Å². The highest BCUT2D eigenvalue weighted by atomic mass is 16.4. The van der Waals surface area contributed by atoms with Crippen molar-refractivity contribution in [2.75, 3.05) is 0 Å². The van der Waals surface area contributed by atoms with E-state index in [9.17, 15) is 9.90 Å². The molecule has 3 aromatic heterocycles. The third-order valence-corrected chi connectivity index (χ3v) is 2.89. The molecule has 0 amide bonds. The zero-order valence-electron chi connectivity index (χ0n) is 10.4. The first-order valence-corrected chi connectivity index (χ1v) is 5.86. The molecule has 3 heterocycles. The lowest BCUT2D eigenvalue weighted by molar-refractivity contribution is 0.0698. The van der Waals surface area contributed by atoms with Gasteiger partial charge in [0.2, 0.25) is 0 Å². The van der Waals surface area contributed by atoms with Gasteiger partial charge in [-0.1, -0.05) is 6.58 Å². The van der Waals surface area contributed by atoms with E-state index in [1.54, 1.807) is 18.5 Å². The third-order valence-electron chi connectivity index (χ3n) is 2.89. The standard InChI is InChI=1S/C14H10N4O2/c1-2-12-16-13-10(14(19)20)3-4-11(18(13)17-12)9-5-7-15-8-6-9/h2-8H,1H2,(H,19,20). The van der Waals surface area contributed by atoms with Crippen molar-refractivity contribution in [2.24, 2.45) is 0 Å². The molecule has 0 saturated carbocycles. The molecule has 0 unspecified atom stereocenters. The van der Waals surface area contributed by atoms with Crippen molar-refractivity contribution in [3.63, 3.8) is 0 Å². The van der Waals surface area contributed by atoms with Crippen LogP contribution < -0.4 is 0 Å². The van der Waals surface area contributed by atoms with Gasteiger partial charge in [0.15, 0.2) is 11.5 Å². The van der Waals surface area contributed by atoms with E-state index in [-0.39, 0.29) is 5.56 Å². The van der Waals surface area contributed by atoms with Crippen LogP contribution in [0.1, 0.15) is 16.2 Å². The fraction of sp³-hybridized carbons (Fsp3) is 0. The minimum absolute atomic E-state index is 0.100. The van der Waals surface area contributed by atoms with E-state index in [0.717, 1.165) is 11.3 Å². The minimum atomic E-state index is -1.04. The number of rotatable bonds is 3. The Kier molecular flexibility index (Phi) is 2.76. The molecule has 0 radical (unpaired) electrons. The fourth-order valence-corrected chi connectivity index (χ4v) is 1.97. The molecule has 3 aromatic rings. The van der Waals surface area contributed by atoms with Crippen LogP contribution in [0.3, 0.4) is 0 Å². The molecule has 6 nitrogen and oxygen atoms in total. The predicted molar refractivity (Wildman–Crippen MR) is 73.3 cm³/mol. The number of pyridine rings is 2. The highest BCUT2D eigenvalue weighted by molar-refractivity contribution is 5.95. The zero-order valence-corrected chi connectivity index (χ0v) is 10.4. The summed E-state index contributed by atoms with van der Waals surface area (Å²) in [5.74, 6) is -0.659. The Hall–Kier alpha value is -3.02. The van der Waals surface area contributed by atoms with Crippen molar-refractivity contribution < 1.29 is 9.90 Å². The van der Waals surface area contributed by atoms with Crippen LogP contribution in [-0.4, -0.2) is 30.7 Å². The largest absolute Gasteiger partial charge is 0.478 e. The van der Waals surface area contributed by atoms with Crippen molar-refractivity contribution in [1.82, 2.24) is 19.6 Å². The molecular weight excluding hydrogens is 256 g/mol. The summed E-state index contributed by atoms with van der Waals surface area (Å²) >= 11 is 0. The fourth-order valence-electron chi connectivity index (χ4n) is 1.97. The molecule has 0 atom stereocenters. The van der Waals surface area contributed by atoms with Crippen LogP contribution in [0.2, 0.25) is 0 Å². The van der Waals surface area contributed by atoms with Gasteiger partial charge in [-0.2, -0.15) is 0 Å². The summed E-state index contributed by atoms with van der Waals surface area (Å²) in [6, 6.07) is 6.87. The maximum atomic E-state index is 11.2. The lowest BCUT2D eigenvalue weighted by Crippen LogP contribution is -2.03. The van der Waals surface area contributed by atoms with Crippen LogP contribution in [-0.2, 0) is 0 Å². The molecule has 0 aromatic carbocycles. The number of aromatic carboxylic acids is 1. The molecule has 20 heavy (non-hydrogen) atoms. The molecule has 6 heteroatoms.